The number of primary amides is 1. The molecule has 7 heteroatoms. The quantitative estimate of drug-likeness (QED) is 0.824. The van der Waals surface area contributed by atoms with E-state index in [-0.39, 0.29) is 6.04 Å². The van der Waals surface area contributed by atoms with E-state index in [1.54, 1.807) is 13.8 Å². The second-order valence-corrected chi connectivity index (χ2v) is 3.33. The number of nitrogens with two attached hydrogens (primary N) is 1. The SMILES string of the molecule is CC(C)n1cc(C(N)=O)c(C(F)(F)F)n1. The maximum atomic E-state index is 12.4. The van der Waals surface area contributed by atoms with E-state index in [0.717, 1.165) is 10.9 Å². The van der Waals surface area contributed by atoms with Crippen LogP contribution in [0.25, 0.3) is 0 Å². The highest BCUT2D eigenvalue weighted by molar-refractivity contribution is 5.93. The van der Waals surface area contributed by atoms with Gasteiger partial charge < -0.3 is 5.73 Å². The number of halogens is 3. The fraction of sp³-hybridized carbons (Fsp3) is 0.500. The van der Waals surface area contributed by atoms with Crippen LogP contribution in [0.2, 0.25) is 0 Å². The zero-order valence-electron chi connectivity index (χ0n) is 8.17. The van der Waals surface area contributed by atoms with Gasteiger partial charge in [-0.2, -0.15) is 18.3 Å². The Labute approximate surface area is 83.9 Å². The van der Waals surface area contributed by atoms with E-state index in [9.17, 15) is 18.0 Å². The first-order chi connectivity index (χ1) is 6.73. The molecule has 0 fully saturated rings. The molecule has 0 atom stereocenters. The molecule has 0 saturated carbocycles. The van der Waals surface area contributed by atoms with Gasteiger partial charge in [0, 0.05) is 12.2 Å². The molecule has 0 aliphatic heterocycles. The molecule has 0 aliphatic carbocycles. The average molecular weight is 221 g/mol. The minimum absolute atomic E-state index is 0.265. The van der Waals surface area contributed by atoms with Crippen LogP contribution in [-0.2, 0) is 6.18 Å². The monoisotopic (exact) mass is 221 g/mol. The highest BCUT2D eigenvalue weighted by Crippen LogP contribution is 2.31. The number of hydrogen-bond acceptors (Lipinski definition) is 2. The third-order valence-corrected chi connectivity index (χ3v) is 1.80. The van der Waals surface area contributed by atoms with Crippen LogP contribution in [0.1, 0.15) is 35.9 Å². The summed E-state index contributed by atoms with van der Waals surface area (Å²) in [6, 6.07) is -0.265. The molecule has 84 valence electrons. The fourth-order valence-electron chi connectivity index (χ4n) is 1.05. The summed E-state index contributed by atoms with van der Waals surface area (Å²) < 4.78 is 38.3. The number of nitrogens with zero attached hydrogens (tertiary/aromatic N) is 2. The smallest absolute Gasteiger partial charge is 0.365 e. The van der Waals surface area contributed by atoms with Crippen molar-refractivity contribution in [3.05, 3.63) is 17.5 Å². The Balaban J connectivity index is 3.30. The van der Waals surface area contributed by atoms with Crippen molar-refractivity contribution in [2.75, 3.05) is 0 Å². The average Bonchev–Trinajstić information content (AvgIpc) is 2.45. The summed E-state index contributed by atoms with van der Waals surface area (Å²) in [6.45, 7) is 3.30. The Morgan fingerprint density at radius 1 is 1.53 bits per heavy atom. The molecule has 4 nitrogen and oxygen atoms in total. The Morgan fingerprint density at radius 2 is 2.07 bits per heavy atom. The first-order valence-corrected chi connectivity index (χ1v) is 4.19. The first-order valence-electron chi connectivity index (χ1n) is 4.19. The number of carbonyl (C=O) groups excluding carboxylic acids is 1. The molecule has 0 radical (unpaired) electrons. The number of rotatable bonds is 2. The van der Waals surface area contributed by atoms with E-state index in [2.05, 4.69) is 5.10 Å². The van der Waals surface area contributed by atoms with Crippen molar-refractivity contribution in [2.24, 2.45) is 5.73 Å². The molecule has 0 saturated heterocycles. The van der Waals surface area contributed by atoms with E-state index >= 15 is 0 Å². The van der Waals surface area contributed by atoms with Crippen LogP contribution in [0.3, 0.4) is 0 Å². The molecule has 15 heavy (non-hydrogen) atoms. The molecule has 0 bridgehead atoms. The standard InChI is InChI=1S/C8H10F3N3O/c1-4(2)14-3-5(7(12)15)6(13-14)8(9,10)11/h3-4H,1-2H3,(H2,12,15). The summed E-state index contributed by atoms with van der Waals surface area (Å²) in [4.78, 5) is 10.8. The molecule has 1 amide bonds. The van der Waals surface area contributed by atoms with Crippen LogP contribution < -0.4 is 5.73 Å². The fourth-order valence-corrected chi connectivity index (χ4v) is 1.05. The van der Waals surface area contributed by atoms with Crippen molar-refractivity contribution in [1.82, 2.24) is 9.78 Å². The lowest BCUT2D eigenvalue weighted by Crippen LogP contribution is -2.17. The molecular formula is C8H10F3N3O. The first kappa shape index (κ1) is 11.5. The number of aromatic nitrogens is 2. The third-order valence-electron chi connectivity index (χ3n) is 1.80. The molecule has 0 unspecified atom stereocenters. The summed E-state index contributed by atoms with van der Waals surface area (Å²) in [5.74, 6) is -1.13. The highest BCUT2D eigenvalue weighted by atomic mass is 19.4. The van der Waals surface area contributed by atoms with Gasteiger partial charge in [0.05, 0.1) is 5.56 Å². The molecule has 1 aromatic heterocycles. The van der Waals surface area contributed by atoms with E-state index in [4.69, 9.17) is 5.73 Å². The van der Waals surface area contributed by atoms with Crippen molar-refractivity contribution in [3.63, 3.8) is 0 Å². The number of amides is 1. The lowest BCUT2D eigenvalue weighted by Gasteiger charge is -2.05. The molecule has 2 N–H and O–H groups in total. The summed E-state index contributed by atoms with van der Waals surface area (Å²) in [5, 5.41) is 3.29. The van der Waals surface area contributed by atoms with Crippen LogP contribution >= 0.6 is 0 Å². The number of hydrogen-bond donors (Lipinski definition) is 1. The summed E-state index contributed by atoms with van der Waals surface area (Å²) in [6.07, 6.45) is -3.65. The van der Waals surface area contributed by atoms with Crippen molar-refractivity contribution >= 4 is 5.91 Å². The van der Waals surface area contributed by atoms with Gasteiger partial charge in [0.15, 0.2) is 5.69 Å². The summed E-state index contributed by atoms with van der Waals surface area (Å²) in [5.41, 5.74) is 3.00. The lowest BCUT2D eigenvalue weighted by atomic mass is 10.2. The van der Waals surface area contributed by atoms with Crippen molar-refractivity contribution in [3.8, 4) is 0 Å². The van der Waals surface area contributed by atoms with Gasteiger partial charge in [0.2, 0.25) is 0 Å². The van der Waals surface area contributed by atoms with Crippen LogP contribution in [0.15, 0.2) is 6.20 Å². The van der Waals surface area contributed by atoms with Crippen LogP contribution in [0, 0.1) is 0 Å². The number of alkyl halides is 3. The molecule has 1 heterocycles. The maximum Gasteiger partial charge on any atom is 0.435 e. The Hall–Kier alpha value is -1.53. The van der Waals surface area contributed by atoms with E-state index in [0.29, 0.717) is 0 Å². The van der Waals surface area contributed by atoms with Crippen LogP contribution in [0.4, 0.5) is 13.2 Å². The summed E-state index contributed by atoms with van der Waals surface area (Å²) >= 11 is 0. The molecule has 0 aromatic carbocycles. The van der Waals surface area contributed by atoms with E-state index in [1.807, 2.05) is 0 Å². The largest absolute Gasteiger partial charge is 0.435 e. The lowest BCUT2D eigenvalue weighted by molar-refractivity contribution is -0.141. The van der Waals surface area contributed by atoms with Gasteiger partial charge in [0.25, 0.3) is 5.91 Å². The zero-order valence-corrected chi connectivity index (χ0v) is 8.17. The highest BCUT2D eigenvalue weighted by Gasteiger charge is 2.38. The molecule has 0 spiro atoms. The van der Waals surface area contributed by atoms with Gasteiger partial charge in [-0.05, 0) is 13.8 Å². The summed E-state index contributed by atoms with van der Waals surface area (Å²) in [7, 11) is 0. The van der Waals surface area contributed by atoms with Crippen molar-refractivity contribution in [1.29, 1.82) is 0 Å². The van der Waals surface area contributed by atoms with Gasteiger partial charge in [-0.1, -0.05) is 0 Å². The minimum Gasteiger partial charge on any atom is -0.365 e. The van der Waals surface area contributed by atoms with Crippen LogP contribution in [-0.4, -0.2) is 15.7 Å². The van der Waals surface area contributed by atoms with Crippen LogP contribution in [0.5, 0.6) is 0 Å². The topological polar surface area (TPSA) is 60.9 Å². The molecular weight excluding hydrogens is 211 g/mol. The Bertz CT molecular complexity index is 381. The second-order valence-electron chi connectivity index (χ2n) is 3.33. The molecule has 1 aromatic rings. The predicted octanol–water partition coefficient (Wildman–Crippen LogP) is 1.58. The Kier molecular flexibility index (Phi) is 2.74. The zero-order chi connectivity index (χ0) is 11.8. The number of carbonyl (C=O) groups is 1. The van der Waals surface area contributed by atoms with Crippen molar-refractivity contribution < 1.29 is 18.0 Å². The minimum atomic E-state index is -4.66. The molecule has 1 rings (SSSR count). The predicted molar refractivity (Wildman–Crippen MR) is 46.1 cm³/mol. The maximum absolute atomic E-state index is 12.4. The molecule has 0 aliphatic rings. The normalized spacial score (nSPS) is 12.1. The van der Waals surface area contributed by atoms with Gasteiger partial charge >= 0.3 is 6.18 Å². The van der Waals surface area contributed by atoms with Gasteiger partial charge in [-0.25, -0.2) is 0 Å². The van der Waals surface area contributed by atoms with E-state index < -0.39 is 23.3 Å². The third kappa shape index (κ3) is 2.28. The van der Waals surface area contributed by atoms with Gasteiger partial charge in [-0.3, -0.25) is 9.48 Å². The Morgan fingerprint density at radius 3 is 2.33 bits per heavy atom. The van der Waals surface area contributed by atoms with Gasteiger partial charge in [-0.15, -0.1) is 0 Å². The van der Waals surface area contributed by atoms with Gasteiger partial charge in [0.1, 0.15) is 0 Å². The second kappa shape index (κ2) is 3.56. The van der Waals surface area contributed by atoms with E-state index in [1.165, 1.54) is 0 Å². The van der Waals surface area contributed by atoms with Crippen molar-refractivity contribution in [2.45, 2.75) is 26.1 Å².